The van der Waals surface area contributed by atoms with Crippen molar-refractivity contribution in [2.24, 2.45) is 5.92 Å². The Morgan fingerprint density at radius 2 is 1.59 bits per heavy atom. The van der Waals surface area contributed by atoms with Gasteiger partial charge >= 0.3 is 0 Å². The van der Waals surface area contributed by atoms with Crippen molar-refractivity contribution in [2.75, 3.05) is 45.8 Å². The third-order valence-corrected chi connectivity index (χ3v) is 3.12. The van der Waals surface area contributed by atoms with Crippen LogP contribution in [-0.2, 0) is 0 Å². The molecule has 2 saturated heterocycles. The lowest BCUT2D eigenvalue weighted by Crippen LogP contribution is -2.47. The molecule has 0 spiro atoms. The van der Waals surface area contributed by atoms with Crippen LogP contribution in [0.2, 0.25) is 0 Å². The van der Waals surface area contributed by atoms with Crippen LogP contribution in [0.3, 0.4) is 0 Å². The number of piperidine rings is 1. The molecule has 2 aliphatic rings. The molecule has 2 N–H and O–H groups in total. The Morgan fingerprint density at radius 3 is 2.12 bits per heavy atom. The molecular weight excluding hydrogens is 210 g/mol. The molecule has 0 aromatic rings. The van der Waals surface area contributed by atoms with Crippen molar-refractivity contribution in [3.63, 3.8) is 0 Å². The maximum Gasteiger partial charge on any atom is 0.0107 e. The summed E-state index contributed by atoms with van der Waals surface area (Å²) >= 11 is 0. The molecule has 2 heterocycles. The summed E-state index contributed by atoms with van der Waals surface area (Å²) in [5.41, 5.74) is 0. The van der Waals surface area contributed by atoms with Gasteiger partial charge in [0.05, 0.1) is 0 Å². The number of nitrogens with one attached hydrogen (secondary N) is 2. The largest absolute Gasteiger partial charge is 0.316 e. The number of rotatable bonds is 2. The minimum Gasteiger partial charge on any atom is -0.316 e. The predicted molar refractivity (Wildman–Crippen MR) is 77.6 cm³/mol. The van der Waals surface area contributed by atoms with Gasteiger partial charge in [-0.25, -0.2) is 0 Å². The van der Waals surface area contributed by atoms with Crippen LogP contribution < -0.4 is 10.6 Å². The first-order chi connectivity index (χ1) is 8.45. The number of hydrogen-bond donors (Lipinski definition) is 2. The molecule has 2 rings (SSSR count). The Hall–Kier alpha value is -0.120. The standard InChI is InChI=1S/C10H21N3.2C2H6/c1-2-10(8-12-3-1)9-13-6-4-11-5-7-13;2*1-2/h10-12H,1-9H2;2*1-2H3. The summed E-state index contributed by atoms with van der Waals surface area (Å²) in [4.78, 5) is 2.61. The van der Waals surface area contributed by atoms with Crippen molar-refractivity contribution >= 4 is 0 Å². The summed E-state index contributed by atoms with van der Waals surface area (Å²) < 4.78 is 0. The van der Waals surface area contributed by atoms with Gasteiger partial charge in [0.25, 0.3) is 0 Å². The van der Waals surface area contributed by atoms with Gasteiger partial charge in [-0.1, -0.05) is 27.7 Å². The smallest absolute Gasteiger partial charge is 0.0107 e. The lowest BCUT2D eigenvalue weighted by atomic mass is 9.99. The minimum absolute atomic E-state index is 0.909. The summed E-state index contributed by atoms with van der Waals surface area (Å²) in [7, 11) is 0. The van der Waals surface area contributed by atoms with Crippen LogP contribution in [0.4, 0.5) is 0 Å². The SMILES string of the molecule is C1CNCC(CN2CCNCC2)C1.CC.CC. The number of piperazine rings is 1. The Bertz CT molecular complexity index is 122. The van der Waals surface area contributed by atoms with Gasteiger partial charge in [0.15, 0.2) is 0 Å². The first-order valence-electron chi connectivity index (χ1n) is 7.59. The highest BCUT2D eigenvalue weighted by Crippen LogP contribution is 2.11. The third kappa shape index (κ3) is 7.74. The summed E-state index contributed by atoms with van der Waals surface area (Å²) in [5.74, 6) is 0.909. The van der Waals surface area contributed by atoms with E-state index in [1.54, 1.807) is 0 Å². The molecule has 3 nitrogen and oxygen atoms in total. The molecule has 2 aliphatic heterocycles. The second kappa shape index (κ2) is 12.3. The van der Waals surface area contributed by atoms with E-state index in [0.717, 1.165) is 5.92 Å². The normalized spacial score (nSPS) is 25.1. The Morgan fingerprint density at radius 1 is 0.941 bits per heavy atom. The maximum atomic E-state index is 3.48. The lowest BCUT2D eigenvalue weighted by Gasteiger charge is -2.32. The molecule has 0 radical (unpaired) electrons. The zero-order valence-corrected chi connectivity index (χ0v) is 12.4. The summed E-state index contributed by atoms with van der Waals surface area (Å²) in [5, 5.41) is 6.88. The molecule has 0 aliphatic carbocycles. The van der Waals surface area contributed by atoms with E-state index in [1.807, 2.05) is 27.7 Å². The Kier molecular flexibility index (Phi) is 12.3. The fourth-order valence-corrected chi connectivity index (χ4v) is 2.34. The average Bonchev–Trinajstić information content (AvgIpc) is 2.45. The van der Waals surface area contributed by atoms with Crippen LogP contribution in [0.5, 0.6) is 0 Å². The van der Waals surface area contributed by atoms with E-state index >= 15 is 0 Å². The number of hydrogen-bond acceptors (Lipinski definition) is 3. The van der Waals surface area contributed by atoms with Crippen molar-refractivity contribution in [1.29, 1.82) is 0 Å². The minimum atomic E-state index is 0.909. The molecule has 0 amide bonds. The van der Waals surface area contributed by atoms with Crippen LogP contribution in [0.25, 0.3) is 0 Å². The van der Waals surface area contributed by atoms with Crippen molar-refractivity contribution in [3.8, 4) is 0 Å². The molecular formula is C14H33N3. The molecule has 3 heteroatoms. The van der Waals surface area contributed by atoms with Crippen LogP contribution in [0.15, 0.2) is 0 Å². The summed E-state index contributed by atoms with van der Waals surface area (Å²) in [6, 6.07) is 0. The quantitative estimate of drug-likeness (QED) is 0.776. The van der Waals surface area contributed by atoms with Crippen molar-refractivity contribution in [1.82, 2.24) is 15.5 Å². The molecule has 0 saturated carbocycles. The zero-order valence-electron chi connectivity index (χ0n) is 12.4. The fourth-order valence-electron chi connectivity index (χ4n) is 2.34. The molecule has 17 heavy (non-hydrogen) atoms. The van der Waals surface area contributed by atoms with E-state index in [1.165, 1.54) is 58.7 Å². The van der Waals surface area contributed by atoms with Crippen LogP contribution in [0.1, 0.15) is 40.5 Å². The molecule has 104 valence electrons. The van der Waals surface area contributed by atoms with Gasteiger partial charge in [0.2, 0.25) is 0 Å². The van der Waals surface area contributed by atoms with Gasteiger partial charge in [0, 0.05) is 32.7 Å². The van der Waals surface area contributed by atoms with E-state index in [4.69, 9.17) is 0 Å². The van der Waals surface area contributed by atoms with Gasteiger partial charge in [0.1, 0.15) is 0 Å². The highest BCUT2D eigenvalue weighted by molar-refractivity contribution is 4.75. The van der Waals surface area contributed by atoms with E-state index in [2.05, 4.69) is 15.5 Å². The van der Waals surface area contributed by atoms with E-state index in [0.29, 0.717) is 0 Å². The second-order valence-corrected chi connectivity index (χ2v) is 4.26. The lowest BCUT2D eigenvalue weighted by molar-refractivity contribution is 0.188. The molecule has 0 aromatic carbocycles. The molecule has 0 aromatic heterocycles. The summed E-state index contributed by atoms with van der Waals surface area (Å²) in [6.07, 6.45) is 2.80. The summed E-state index contributed by atoms with van der Waals surface area (Å²) in [6.45, 7) is 16.6. The van der Waals surface area contributed by atoms with Crippen molar-refractivity contribution in [3.05, 3.63) is 0 Å². The van der Waals surface area contributed by atoms with Gasteiger partial charge in [-0.05, 0) is 31.8 Å². The molecule has 1 atom stereocenters. The van der Waals surface area contributed by atoms with Gasteiger partial charge in [-0.2, -0.15) is 0 Å². The Labute approximate surface area is 108 Å². The fraction of sp³-hybridized carbons (Fsp3) is 1.00. The average molecular weight is 243 g/mol. The third-order valence-electron chi connectivity index (χ3n) is 3.12. The maximum absolute atomic E-state index is 3.48. The van der Waals surface area contributed by atoms with Gasteiger partial charge in [-0.15, -0.1) is 0 Å². The van der Waals surface area contributed by atoms with E-state index < -0.39 is 0 Å². The first-order valence-corrected chi connectivity index (χ1v) is 7.59. The van der Waals surface area contributed by atoms with Crippen LogP contribution in [0, 0.1) is 5.92 Å². The highest BCUT2D eigenvalue weighted by Gasteiger charge is 2.17. The molecule has 1 unspecified atom stereocenters. The topological polar surface area (TPSA) is 27.3 Å². The van der Waals surface area contributed by atoms with Crippen molar-refractivity contribution < 1.29 is 0 Å². The van der Waals surface area contributed by atoms with Crippen LogP contribution in [-0.4, -0.2) is 50.7 Å². The zero-order chi connectivity index (χ0) is 12.9. The monoisotopic (exact) mass is 243 g/mol. The molecule has 2 fully saturated rings. The molecule has 0 bridgehead atoms. The second-order valence-electron chi connectivity index (χ2n) is 4.26. The Balaban J connectivity index is 0.000000581. The van der Waals surface area contributed by atoms with Gasteiger partial charge < -0.3 is 15.5 Å². The number of nitrogens with zero attached hydrogens (tertiary/aromatic N) is 1. The first kappa shape index (κ1) is 16.9. The van der Waals surface area contributed by atoms with E-state index in [9.17, 15) is 0 Å². The van der Waals surface area contributed by atoms with E-state index in [-0.39, 0.29) is 0 Å². The predicted octanol–water partition coefficient (Wildman–Crippen LogP) is 1.94. The highest BCUT2D eigenvalue weighted by atomic mass is 15.2. The van der Waals surface area contributed by atoms with Gasteiger partial charge in [-0.3, -0.25) is 0 Å². The van der Waals surface area contributed by atoms with Crippen molar-refractivity contribution in [2.45, 2.75) is 40.5 Å². The van der Waals surface area contributed by atoms with Crippen LogP contribution >= 0.6 is 0 Å².